The first kappa shape index (κ1) is 23.5. The van der Waals surface area contributed by atoms with E-state index in [1.54, 1.807) is 24.3 Å². The Morgan fingerprint density at radius 3 is 1.97 bits per heavy atom. The summed E-state index contributed by atoms with van der Waals surface area (Å²) in [4.78, 5) is 12.6. The number of hydrogen-bond donors (Lipinski definition) is 1. The third-order valence-corrected chi connectivity index (χ3v) is 6.41. The van der Waals surface area contributed by atoms with Crippen LogP contribution in [0.4, 0.5) is 11.4 Å². The lowest BCUT2D eigenvalue weighted by atomic mass is 10.0. The van der Waals surface area contributed by atoms with Crippen molar-refractivity contribution in [2.24, 2.45) is 0 Å². The predicted octanol–water partition coefficient (Wildman–Crippen LogP) is 5.65. The van der Waals surface area contributed by atoms with E-state index in [-0.39, 0.29) is 12.5 Å². The van der Waals surface area contributed by atoms with E-state index >= 15 is 0 Å². The van der Waals surface area contributed by atoms with Crippen LogP contribution in [0.3, 0.4) is 0 Å². The van der Waals surface area contributed by atoms with Crippen LogP contribution < -0.4 is 9.62 Å². The summed E-state index contributed by atoms with van der Waals surface area (Å²) in [6.07, 6.45) is 1.21. The minimum atomic E-state index is -3.47. The Morgan fingerprint density at radius 2 is 1.47 bits per heavy atom. The molecular weight excluding hydrogens is 420 g/mol. The lowest BCUT2D eigenvalue weighted by Gasteiger charge is -2.23. The number of anilines is 2. The molecule has 0 aliphatic carbocycles. The fraction of sp³-hybridized carbons (Fsp3) is 0.269. The van der Waals surface area contributed by atoms with Crippen molar-refractivity contribution in [3.63, 3.8) is 0 Å². The number of carbonyl (C=O) groups excluding carboxylic acids is 1. The average molecular weight is 451 g/mol. The molecule has 0 heterocycles. The number of amides is 1. The zero-order valence-corrected chi connectivity index (χ0v) is 20.0. The molecule has 0 unspecified atom stereocenters. The lowest BCUT2D eigenvalue weighted by Crippen LogP contribution is -2.29. The number of nitrogens with zero attached hydrogens (tertiary/aromatic N) is 1. The number of aryl methyl sites for hydroxylation is 2. The average Bonchev–Trinajstić information content (AvgIpc) is 2.71. The van der Waals surface area contributed by atoms with Gasteiger partial charge in [-0.1, -0.05) is 44.2 Å². The summed E-state index contributed by atoms with van der Waals surface area (Å²) >= 11 is 0. The van der Waals surface area contributed by atoms with Gasteiger partial charge in [0, 0.05) is 11.3 Å². The predicted molar refractivity (Wildman–Crippen MR) is 132 cm³/mol. The lowest BCUT2D eigenvalue weighted by molar-refractivity contribution is 0.102. The van der Waals surface area contributed by atoms with Crippen molar-refractivity contribution in [3.8, 4) is 0 Å². The number of carbonyl (C=O) groups is 1. The molecule has 0 bridgehead atoms. The second-order valence-electron chi connectivity index (χ2n) is 8.54. The minimum Gasteiger partial charge on any atom is -0.322 e. The molecule has 0 aliphatic heterocycles. The second kappa shape index (κ2) is 9.57. The molecule has 0 saturated heterocycles. The standard InChI is InChI=1S/C26H30N2O3S/c1-18(2)22-10-12-24(13-11-22)27-26(29)23-8-6-21(7-9-23)17-28(32(5,30)31)25-15-19(3)14-20(4)16-25/h6-16,18H,17H2,1-5H3,(H,27,29). The van der Waals surface area contributed by atoms with Gasteiger partial charge in [0.25, 0.3) is 5.91 Å². The fourth-order valence-electron chi connectivity index (χ4n) is 3.58. The van der Waals surface area contributed by atoms with E-state index in [2.05, 4.69) is 19.2 Å². The summed E-state index contributed by atoms with van der Waals surface area (Å²) in [5.74, 6) is 0.227. The Labute approximate surface area is 191 Å². The normalized spacial score (nSPS) is 11.4. The molecule has 0 radical (unpaired) electrons. The third-order valence-electron chi connectivity index (χ3n) is 5.27. The molecule has 0 fully saturated rings. The quantitative estimate of drug-likeness (QED) is 0.506. The largest absolute Gasteiger partial charge is 0.322 e. The molecule has 5 nitrogen and oxygen atoms in total. The van der Waals surface area contributed by atoms with Crippen LogP contribution in [-0.2, 0) is 16.6 Å². The van der Waals surface area contributed by atoms with Crippen LogP contribution in [0.2, 0.25) is 0 Å². The molecule has 1 N–H and O–H groups in total. The highest BCUT2D eigenvalue weighted by Crippen LogP contribution is 2.24. The molecule has 6 heteroatoms. The summed E-state index contributed by atoms with van der Waals surface area (Å²) in [5.41, 5.74) is 5.90. The Morgan fingerprint density at radius 1 is 0.906 bits per heavy atom. The highest BCUT2D eigenvalue weighted by Gasteiger charge is 2.19. The van der Waals surface area contributed by atoms with Gasteiger partial charge in [0.15, 0.2) is 0 Å². The van der Waals surface area contributed by atoms with E-state index in [9.17, 15) is 13.2 Å². The van der Waals surface area contributed by atoms with Crippen molar-refractivity contribution in [1.82, 2.24) is 0 Å². The van der Waals surface area contributed by atoms with E-state index in [1.165, 1.54) is 16.1 Å². The molecule has 0 saturated carbocycles. The van der Waals surface area contributed by atoms with Gasteiger partial charge in [-0.3, -0.25) is 9.10 Å². The molecule has 1 amide bonds. The number of benzene rings is 3. The molecule has 3 rings (SSSR count). The van der Waals surface area contributed by atoms with Crippen molar-refractivity contribution in [1.29, 1.82) is 0 Å². The first-order chi connectivity index (χ1) is 15.0. The molecule has 0 spiro atoms. The smallest absolute Gasteiger partial charge is 0.255 e. The van der Waals surface area contributed by atoms with Gasteiger partial charge in [-0.15, -0.1) is 0 Å². The zero-order valence-electron chi connectivity index (χ0n) is 19.2. The molecule has 3 aromatic carbocycles. The van der Waals surface area contributed by atoms with Crippen molar-refractivity contribution >= 4 is 27.3 Å². The van der Waals surface area contributed by atoms with Crippen LogP contribution in [0.25, 0.3) is 0 Å². The van der Waals surface area contributed by atoms with E-state index in [1.807, 2.05) is 56.3 Å². The molecule has 168 valence electrons. The summed E-state index contributed by atoms with van der Waals surface area (Å²) in [6.45, 7) is 8.34. The topological polar surface area (TPSA) is 66.5 Å². The van der Waals surface area contributed by atoms with Gasteiger partial charge in [0.05, 0.1) is 18.5 Å². The number of nitrogens with one attached hydrogen (secondary N) is 1. The van der Waals surface area contributed by atoms with Crippen LogP contribution in [0.1, 0.15) is 52.4 Å². The Bertz CT molecular complexity index is 1180. The van der Waals surface area contributed by atoms with Gasteiger partial charge >= 0.3 is 0 Å². The van der Waals surface area contributed by atoms with Crippen LogP contribution in [0.15, 0.2) is 66.7 Å². The maximum atomic E-state index is 12.6. The molecule has 0 aliphatic rings. The minimum absolute atomic E-state index is 0.195. The van der Waals surface area contributed by atoms with Crippen molar-refractivity contribution in [3.05, 3.63) is 94.5 Å². The Kier molecular flexibility index (Phi) is 7.04. The maximum absolute atomic E-state index is 12.6. The first-order valence-electron chi connectivity index (χ1n) is 10.6. The summed E-state index contributed by atoms with van der Waals surface area (Å²) < 4.78 is 26.3. The molecule has 32 heavy (non-hydrogen) atoms. The molecule has 3 aromatic rings. The van der Waals surface area contributed by atoms with Gasteiger partial charge in [-0.05, 0) is 78.4 Å². The van der Waals surface area contributed by atoms with E-state index in [0.29, 0.717) is 17.2 Å². The molecule has 0 aromatic heterocycles. The van der Waals surface area contributed by atoms with Crippen molar-refractivity contribution in [2.45, 2.75) is 40.2 Å². The first-order valence-corrected chi connectivity index (χ1v) is 12.4. The Balaban J connectivity index is 1.75. The fourth-order valence-corrected chi connectivity index (χ4v) is 4.45. The third kappa shape index (κ3) is 5.98. The van der Waals surface area contributed by atoms with Crippen LogP contribution in [0.5, 0.6) is 0 Å². The zero-order chi connectivity index (χ0) is 23.5. The molecule has 0 atom stereocenters. The van der Waals surface area contributed by atoms with Crippen molar-refractivity contribution < 1.29 is 13.2 Å². The van der Waals surface area contributed by atoms with E-state index in [0.717, 1.165) is 22.4 Å². The highest BCUT2D eigenvalue weighted by molar-refractivity contribution is 7.92. The maximum Gasteiger partial charge on any atom is 0.255 e. The summed E-state index contributed by atoms with van der Waals surface area (Å²) in [7, 11) is -3.47. The van der Waals surface area contributed by atoms with Crippen LogP contribution in [-0.4, -0.2) is 20.6 Å². The van der Waals surface area contributed by atoms with E-state index in [4.69, 9.17) is 0 Å². The molecular formula is C26H30N2O3S. The van der Waals surface area contributed by atoms with E-state index < -0.39 is 10.0 Å². The highest BCUT2D eigenvalue weighted by atomic mass is 32.2. The van der Waals surface area contributed by atoms with Gasteiger partial charge in [-0.25, -0.2) is 8.42 Å². The van der Waals surface area contributed by atoms with Crippen LogP contribution in [0, 0.1) is 13.8 Å². The Hall–Kier alpha value is -3.12. The van der Waals surface area contributed by atoms with Crippen molar-refractivity contribution in [2.75, 3.05) is 15.9 Å². The summed E-state index contributed by atoms with van der Waals surface area (Å²) in [6, 6.07) is 20.6. The van der Waals surface area contributed by atoms with Gasteiger partial charge in [0.2, 0.25) is 10.0 Å². The van der Waals surface area contributed by atoms with Gasteiger partial charge < -0.3 is 5.32 Å². The number of rotatable bonds is 7. The SMILES string of the molecule is Cc1cc(C)cc(N(Cc2ccc(C(=O)Nc3ccc(C(C)C)cc3)cc2)S(C)(=O)=O)c1. The monoisotopic (exact) mass is 450 g/mol. The van der Waals surface area contributed by atoms with Gasteiger partial charge in [-0.2, -0.15) is 0 Å². The number of sulfonamides is 1. The summed E-state index contributed by atoms with van der Waals surface area (Å²) in [5, 5.41) is 2.90. The second-order valence-corrected chi connectivity index (χ2v) is 10.5. The van der Waals surface area contributed by atoms with Gasteiger partial charge in [0.1, 0.15) is 0 Å². The number of hydrogen-bond acceptors (Lipinski definition) is 3. The van der Waals surface area contributed by atoms with Crippen LogP contribution >= 0.6 is 0 Å².